The Kier molecular flexibility index (Phi) is 2.87. The highest BCUT2D eigenvalue weighted by molar-refractivity contribution is 9.10. The van der Waals surface area contributed by atoms with Crippen LogP contribution in [0.4, 0.5) is 5.13 Å². The molecule has 17 heavy (non-hydrogen) atoms. The minimum absolute atomic E-state index is 0.498. The van der Waals surface area contributed by atoms with E-state index in [1.54, 1.807) is 11.3 Å². The van der Waals surface area contributed by atoms with Crippen LogP contribution in [-0.2, 0) is 0 Å². The number of nitrogens with zero attached hydrogens (tertiary/aromatic N) is 1. The van der Waals surface area contributed by atoms with Crippen molar-refractivity contribution in [2.45, 2.75) is 26.2 Å². The van der Waals surface area contributed by atoms with Crippen LogP contribution in [0.3, 0.4) is 0 Å². The summed E-state index contributed by atoms with van der Waals surface area (Å²) >= 11 is 5.23. The lowest BCUT2D eigenvalue weighted by atomic mass is 9.70. The van der Waals surface area contributed by atoms with Crippen LogP contribution in [0.2, 0.25) is 0 Å². The topological polar surface area (TPSA) is 24.9 Å². The molecule has 1 N–H and O–H groups in total. The molecular formula is C13H15BrN2S. The van der Waals surface area contributed by atoms with Gasteiger partial charge < -0.3 is 5.32 Å². The smallest absolute Gasteiger partial charge is 0.183 e. The summed E-state index contributed by atoms with van der Waals surface area (Å²) in [6, 6.07) is 6.23. The number of nitrogens with one attached hydrogen (secondary N) is 1. The van der Waals surface area contributed by atoms with Crippen LogP contribution < -0.4 is 5.32 Å². The van der Waals surface area contributed by atoms with Crippen LogP contribution in [0, 0.1) is 5.41 Å². The van der Waals surface area contributed by atoms with Crippen molar-refractivity contribution in [2.24, 2.45) is 5.41 Å². The molecule has 0 radical (unpaired) electrons. The molecule has 0 bridgehead atoms. The molecule has 0 aliphatic heterocycles. The van der Waals surface area contributed by atoms with E-state index < -0.39 is 0 Å². The van der Waals surface area contributed by atoms with Crippen molar-refractivity contribution >= 4 is 42.6 Å². The van der Waals surface area contributed by atoms with Crippen LogP contribution in [0.1, 0.15) is 26.2 Å². The summed E-state index contributed by atoms with van der Waals surface area (Å²) in [6.07, 6.45) is 4.07. The van der Waals surface area contributed by atoms with E-state index in [-0.39, 0.29) is 0 Å². The van der Waals surface area contributed by atoms with Crippen LogP contribution in [0.5, 0.6) is 0 Å². The molecule has 0 saturated heterocycles. The SMILES string of the molecule is CC1(CNc2nc3ccc(Br)cc3s2)CCC1. The number of thiazole rings is 1. The van der Waals surface area contributed by atoms with Crippen molar-refractivity contribution in [1.82, 2.24) is 4.98 Å². The van der Waals surface area contributed by atoms with Crippen molar-refractivity contribution < 1.29 is 0 Å². The van der Waals surface area contributed by atoms with Crippen molar-refractivity contribution in [3.63, 3.8) is 0 Å². The molecule has 1 aromatic carbocycles. The molecule has 0 unspecified atom stereocenters. The molecule has 0 spiro atoms. The lowest BCUT2D eigenvalue weighted by molar-refractivity contribution is 0.180. The summed E-state index contributed by atoms with van der Waals surface area (Å²) in [4.78, 5) is 4.60. The van der Waals surface area contributed by atoms with Crippen molar-refractivity contribution in [3.05, 3.63) is 22.7 Å². The van der Waals surface area contributed by atoms with Crippen LogP contribution in [0.15, 0.2) is 22.7 Å². The first-order valence-corrected chi connectivity index (χ1v) is 7.56. The van der Waals surface area contributed by atoms with E-state index in [0.29, 0.717) is 5.41 Å². The first kappa shape index (κ1) is 11.5. The highest BCUT2D eigenvalue weighted by Gasteiger charge is 2.31. The highest BCUT2D eigenvalue weighted by Crippen LogP contribution is 2.40. The summed E-state index contributed by atoms with van der Waals surface area (Å²) in [5, 5.41) is 4.54. The molecule has 1 aliphatic carbocycles. The monoisotopic (exact) mass is 310 g/mol. The van der Waals surface area contributed by atoms with Gasteiger partial charge in [-0.3, -0.25) is 0 Å². The van der Waals surface area contributed by atoms with Crippen molar-refractivity contribution in [2.75, 3.05) is 11.9 Å². The minimum atomic E-state index is 0.498. The molecule has 0 amide bonds. The Hall–Kier alpha value is -0.610. The average Bonchev–Trinajstić information content (AvgIpc) is 2.65. The predicted octanol–water partition coefficient (Wildman–Crippen LogP) is 4.66. The second kappa shape index (κ2) is 4.25. The molecule has 1 aromatic heterocycles. The van der Waals surface area contributed by atoms with Gasteiger partial charge in [-0.1, -0.05) is 40.6 Å². The molecule has 4 heteroatoms. The molecule has 1 saturated carbocycles. The lowest BCUT2D eigenvalue weighted by Gasteiger charge is -2.38. The third-order valence-electron chi connectivity index (χ3n) is 3.58. The van der Waals surface area contributed by atoms with Gasteiger partial charge in [0.2, 0.25) is 0 Å². The zero-order valence-corrected chi connectivity index (χ0v) is 12.2. The largest absolute Gasteiger partial charge is 0.361 e. The zero-order chi connectivity index (χ0) is 11.9. The molecule has 2 nitrogen and oxygen atoms in total. The Morgan fingerprint density at radius 1 is 1.47 bits per heavy atom. The quantitative estimate of drug-likeness (QED) is 0.891. The molecule has 1 heterocycles. The standard InChI is InChI=1S/C13H15BrN2S/c1-13(5-2-6-13)8-15-12-16-10-4-3-9(14)7-11(10)17-12/h3-4,7H,2,5-6,8H2,1H3,(H,15,16). The summed E-state index contributed by atoms with van der Waals surface area (Å²) in [7, 11) is 0. The summed E-state index contributed by atoms with van der Waals surface area (Å²) in [5.74, 6) is 0. The molecular weight excluding hydrogens is 296 g/mol. The number of hydrogen-bond donors (Lipinski definition) is 1. The van der Waals surface area contributed by atoms with Gasteiger partial charge in [-0.2, -0.15) is 0 Å². The number of aromatic nitrogens is 1. The second-order valence-corrected chi connectivity index (χ2v) is 7.10. The van der Waals surface area contributed by atoms with E-state index in [0.717, 1.165) is 21.7 Å². The lowest BCUT2D eigenvalue weighted by Crippen LogP contribution is -2.33. The van der Waals surface area contributed by atoms with Crippen molar-refractivity contribution in [3.8, 4) is 0 Å². The maximum absolute atomic E-state index is 4.60. The normalized spacial score (nSPS) is 18.0. The highest BCUT2D eigenvalue weighted by atomic mass is 79.9. The molecule has 1 fully saturated rings. The van der Waals surface area contributed by atoms with Crippen LogP contribution >= 0.6 is 27.3 Å². The van der Waals surface area contributed by atoms with Gasteiger partial charge in [0.05, 0.1) is 10.2 Å². The fourth-order valence-corrected chi connectivity index (χ4v) is 3.63. The molecule has 0 atom stereocenters. The second-order valence-electron chi connectivity index (χ2n) is 5.15. The number of halogens is 1. The summed E-state index contributed by atoms with van der Waals surface area (Å²) < 4.78 is 2.35. The molecule has 90 valence electrons. The Morgan fingerprint density at radius 2 is 2.29 bits per heavy atom. The summed E-state index contributed by atoms with van der Waals surface area (Å²) in [6.45, 7) is 3.40. The maximum atomic E-state index is 4.60. The van der Waals surface area contributed by atoms with Gasteiger partial charge >= 0.3 is 0 Å². The summed E-state index contributed by atoms with van der Waals surface area (Å²) in [5.41, 5.74) is 1.58. The Labute approximate surface area is 114 Å². The van der Waals surface area contributed by atoms with Crippen LogP contribution in [0.25, 0.3) is 10.2 Å². The molecule has 3 rings (SSSR count). The maximum Gasteiger partial charge on any atom is 0.183 e. The van der Waals surface area contributed by atoms with E-state index >= 15 is 0 Å². The van der Waals surface area contributed by atoms with E-state index in [2.05, 4.69) is 45.3 Å². The van der Waals surface area contributed by atoms with Gasteiger partial charge in [-0.05, 0) is 36.5 Å². The fraction of sp³-hybridized carbons (Fsp3) is 0.462. The number of benzene rings is 1. The number of fused-ring (bicyclic) bond motifs is 1. The average molecular weight is 311 g/mol. The van der Waals surface area contributed by atoms with E-state index in [1.165, 1.54) is 24.0 Å². The third kappa shape index (κ3) is 2.33. The van der Waals surface area contributed by atoms with E-state index in [1.807, 2.05) is 6.07 Å². The van der Waals surface area contributed by atoms with Gasteiger partial charge in [-0.15, -0.1) is 0 Å². The first-order valence-electron chi connectivity index (χ1n) is 5.95. The fourth-order valence-electron chi connectivity index (χ4n) is 2.22. The minimum Gasteiger partial charge on any atom is -0.361 e. The Bertz CT molecular complexity index is 545. The van der Waals surface area contributed by atoms with E-state index in [4.69, 9.17) is 0 Å². The van der Waals surface area contributed by atoms with Crippen LogP contribution in [-0.4, -0.2) is 11.5 Å². The number of hydrogen-bond acceptors (Lipinski definition) is 3. The Morgan fingerprint density at radius 3 is 3.00 bits per heavy atom. The van der Waals surface area contributed by atoms with Gasteiger partial charge in [0.25, 0.3) is 0 Å². The van der Waals surface area contributed by atoms with Gasteiger partial charge in [0, 0.05) is 11.0 Å². The number of anilines is 1. The predicted molar refractivity (Wildman–Crippen MR) is 77.8 cm³/mol. The van der Waals surface area contributed by atoms with E-state index in [9.17, 15) is 0 Å². The zero-order valence-electron chi connectivity index (χ0n) is 9.79. The molecule has 1 aliphatic rings. The van der Waals surface area contributed by atoms with Gasteiger partial charge in [0.1, 0.15) is 0 Å². The van der Waals surface area contributed by atoms with Crippen molar-refractivity contribution in [1.29, 1.82) is 0 Å². The van der Waals surface area contributed by atoms with Gasteiger partial charge in [-0.25, -0.2) is 4.98 Å². The first-order chi connectivity index (χ1) is 8.15. The molecule has 2 aromatic rings. The van der Waals surface area contributed by atoms with Gasteiger partial charge in [0.15, 0.2) is 5.13 Å². The number of rotatable bonds is 3. The third-order valence-corrected chi connectivity index (χ3v) is 5.05. The Balaban J connectivity index is 1.76.